The molecule has 9 nitrogen and oxygen atoms in total. The van der Waals surface area contributed by atoms with Crippen LogP contribution in [-0.4, -0.2) is 30.6 Å². The van der Waals surface area contributed by atoms with E-state index in [4.69, 9.17) is 8.83 Å². The molecule has 0 spiro atoms. The van der Waals surface area contributed by atoms with Crippen LogP contribution in [0.2, 0.25) is 0 Å². The second-order valence-corrected chi connectivity index (χ2v) is 7.21. The summed E-state index contributed by atoms with van der Waals surface area (Å²) >= 11 is 0. The highest BCUT2D eigenvalue weighted by Crippen LogP contribution is 2.30. The van der Waals surface area contributed by atoms with E-state index < -0.39 is 17.8 Å². The number of hydrogen-bond donors (Lipinski definition) is 2. The fraction of sp³-hybridized carbons (Fsp3) is 0.217. The Morgan fingerprint density at radius 1 is 1.06 bits per heavy atom. The Bertz CT molecular complexity index is 1190. The Morgan fingerprint density at radius 2 is 1.84 bits per heavy atom. The van der Waals surface area contributed by atoms with E-state index >= 15 is 0 Å². The molecule has 1 aliphatic rings. The van der Waals surface area contributed by atoms with Crippen molar-refractivity contribution < 1.29 is 28.0 Å². The molecule has 0 bridgehead atoms. The maximum absolute atomic E-state index is 12.8. The first-order valence-corrected chi connectivity index (χ1v) is 10.0. The zero-order chi connectivity index (χ0) is 22.7. The third kappa shape index (κ3) is 4.18. The van der Waals surface area contributed by atoms with Crippen molar-refractivity contribution in [2.45, 2.75) is 26.2 Å². The SMILES string of the molecule is COC(=O)c1ccc(NC(=O)c2oc3c(c2C)/C(=N/NC(=O)c2ccco2)CCC3)cc1. The highest BCUT2D eigenvalue weighted by Gasteiger charge is 2.28. The van der Waals surface area contributed by atoms with Crippen LogP contribution in [0, 0.1) is 6.92 Å². The number of ether oxygens (including phenoxy) is 1. The van der Waals surface area contributed by atoms with Crippen LogP contribution in [0.25, 0.3) is 0 Å². The number of fused-ring (bicyclic) bond motifs is 1. The van der Waals surface area contributed by atoms with Crippen LogP contribution in [-0.2, 0) is 11.2 Å². The zero-order valence-corrected chi connectivity index (χ0v) is 17.6. The minimum Gasteiger partial charge on any atom is -0.465 e. The van der Waals surface area contributed by atoms with E-state index in [1.165, 1.54) is 13.4 Å². The molecule has 2 heterocycles. The Labute approximate surface area is 183 Å². The van der Waals surface area contributed by atoms with Gasteiger partial charge in [-0.1, -0.05) is 0 Å². The van der Waals surface area contributed by atoms with Crippen molar-refractivity contribution in [2.24, 2.45) is 5.10 Å². The summed E-state index contributed by atoms with van der Waals surface area (Å²) in [4.78, 5) is 36.5. The number of amides is 2. The van der Waals surface area contributed by atoms with Crippen LogP contribution in [0.4, 0.5) is 5.69 Å². The van der Waals surface area contributed by atoms with E-state index in [2.05, 4.69) is 20.6 Å². The van der Waals surface area contributed by atoms with Crippen LogP contribution < -0.4 is 10.7 Å². The summed E-state index contributed by atoms with van der Waals surface area (Å²) in [5.74, 6) is -0.327. The second-order valence-electron chi connectivity index (χ2n) is 7.21. The van der Waals surface area contributed by atoms with Crippen molar-refractivity contribution in [1.82, 2.24) is 5.43 Å². The predicted octanol–water partition coefficient (Wildman–Crippen LogP) is 3.69. The van der Waals surface area contributed by atoms with Gasteiger partial charge in [0.25, 0.3) is 5.91 Å². The number of furan rings is 2. The van der Waals surface area contributed by atoms with Crippen LogP contribution in [0.15, 0.2) is 56.6 Å². The quantitative estimate of drug-likeness (QED) is 0.465. The first-order valence-electron chi connectivity index (χ1n) is 10.0. The molecule has 0 unspecified atom stereocenters. The molecule has 2 N–H and O–H groups in total. The van der Waals surface area contributed by atoms with Gasteiger partial charge in [0.15, 0.2) is 11.5 Å². The number of benzene rings is 1. The third-order valence-corrected chi connectivity index (χ3v) is 5.13. The van der Waals surface area contributed by atoms with E-state index in [0.29, 0.717) is 41.1 Å². The molecule has 9 heteroatoms. The average Bonchev–Trinajstić information content (AvgIpc) is 3.46. The number of nitrogens with zero attached hydrogens (tertiary/aromatic N) is 1. The molecule has 0 saturated carbocycles. The summed E-state index contributed by atoms with van der Waals surface area (Å²) in [7, 11) is 1.31. The summed E-state index contributed by atoms with van der Waals surface area (Å²) in [6.07, 6.45) is 3.50. The number of aryl methyl sites for hydroxylation is 1. The monoisotopic (exact) mass is 435 g/mol. The fourth-order valence-corrected chi connectivity index (χ4v) is 3.57. The number of anilines is 1. The van der Waals surface area contributed by atoms with Crippen LogP contribution in [0.5, 0.6) is 0 Å². The molecule has 164 valence electrons. The van der Waals surface area contributed by atoms with Gasteiger partial charge in [-0.25, -0.2) is 10.2 Å². The van der Waals surface area contributed by atoms with Gasteiger partial charge in [0.05, 0.1) is 24.6 Å². The largest absolute Gasteiger partial charge is 0.465 e. The van der Waals surface area contributed by atoms with Gasteiger partial charge in [-0.2, -0.15) is 5.10 Å². The molecule has 0 atom stereocenters. The fourth-order valence-electron chi connectivity index (χ4n) is 3.57. The van der Waals surface area contributed by atoms with Crippen LogP contribution in [0.1, 0.15) is 61.2 Å². The van der Waals surface area contributed by atoms with Gasteiger partial charge < -0.3 is 18.9 Å². The molecular weight excluding hydrogens is 414 g/mol. The molecule has 32 heavy (non-hydrogen) atoms. The lowest BCUT2D eigenvalue weighted by Crippen LogP contribution is -2.21. The van der Waals surface area contributed by atoms with Gasteiger partial charge in [0.2, 0.25) is 0 Å². The molecule has 0 fully saturated rings. The lowest BCUT2D eigenvalue weighted by atomic mass is 9.93. The van der Waals surface area contributed by atoms with E-state index in [1.54, 1.807) is 43.3 Å². The predicted molar refractivity (Wildman–Crippen MR) is 115 cm³/mol. The van der Waals surface area contributed by atoms with E-state index in [1.807, 2.05) is 0 Å². The van der Waals surface area contributed by atoms with Gasteiger partial charge >= 0.3 is 11.9 Å². The third-order valence-electron chi connectivity index (χ3n) is 5.13. The van der Waals surface area contributed by atoms with Crippen LogP contribution >= 0.6 is 0 Å². The van der Waals surface area contributed by atoms with E-state index in [9.17, 15) is 14.4 Å². The molecule has 0 radical (unpaired) electrons. The minimum absolute atomic E-state index is 0.160. The molecule has 0 aliphatic heterocycles. The van der Waals surface area contributed by atoms with E-state index in [-0.39, 0.29) is 11.5 Å². The summed E-state index contributed by atoms with van der Waals surface area (Å²) in [6.45, 7) is 1.78. The number of hydrazone groups is 1. The number of methoxy groups -OCH3 is 1. The highest BCUT2D eigenvalue weighted by molar-refractivity contribution is 6.09. The second kappa shape index (κ2) is 8.93. The summed E-state index contributed by atoms with van der Waals surface area (Å²) in [5, 5.41) is 7.02. The smallest absolute Gasteiger partial charge is 0.337 e. The Morgan fingerprint density at radius 3 is 2.53 bits per heavy atom. The van der Waals surface area contributed by atoms with Crippen molar-refractivity contribution in [3.05, 3.63) is 76.6 Å². The highest BCUT2D eigenvalue weighted by atomic mass is 16.5. The number of rotatable bonds is 5. The molecule has 3 aromatic rings. The molecule has 2 aromatic heterocycles. The first kappa shape index (κ1) is 21.1. The lowest BCUT2D eigenvalue weighted by Gasteiger charge is -2.13. The number of nitrogens with one attached hydrogen (secondary N) is 2. The standard InChI is InChI=1S/C23H21N3O6/c1-13-19-16(25-26-21(27)18-7-4-12-31-18)5-3-6-17(19)32-20(13)22(28)24-15-10-8-14(9-11-15)23(29)30-2/h4,7-12H,3,5-6H2,1-2H3,(H,24,28)(H,26,27)/b25-16+. The maximum Gasteiger partial charge on any atom is 0.337 e. The average molecular weight is 435 g/mol. The first-order chi connectivity index (χ1) is 15.5. The number of carbonyl (C=O) groups excluding carboxylic acids is 3. The molecule has 1 aromatic carbocycles. The summed E-state index contributed by atoms with van der Waals surface area (Å²) in [6, 6.07) is 9.51. The molecule has 1 aliphatic carbocycles. The molecular formula is C23H21N3O6. The number of carbonyl (C=O) groups is 3. The maximum atomic E-state index is 12.8. The Balaban J connectivity index is 1.53. The number of hydrogen-bond acceptors (Lipinski definition) is 7. The van der Waals surface area contributed by atoms with Crippen LogP contribution in [0.3, 0.4) is 0 Å². The van der Waals surface area contributed by atoms with Crippen molar-refractivity contribution in [3.63, 3.8) is 0 Å². The van der Waals surface area contributed by atoms with E-state index in [0.717, 1.165) is 12.0 Å². The molecule has 4 rings (SSSR count). The van der Waals surface area contributed by atoms with Crippen molar-refractivity contribution >= 4 is 29.2 Å². The van der Waals surface area contributed by atoms with Gasteiger partial charge in [0, 0.05) is 23.2 Å². The lowest BCUT2D eigenvalue weighted by molar-refractivity contribution is 0.0600. The van der Waals surface area contributed by atoms with Crippen molar-refractivity contribution in [1.29, 1.82) is 0 Å². The number of esters is 1. The Kier molecular flexibility index (Phi) is 5.89. The van der Waals surface area contributed by atoms with Gasteiger partial charge in [-0.05, 0) is 56.2 Å². The summed E-state index contributed by atoms with van der Waals surface area (Å²) < 4.78 is 15.6. The van der Waals surface area contributed by atoms with Crippen molar-refractivity contribution in [3.8, 4) is 0 Å². The molecule has 0 saturated heterocycles. The zero-order valence-electron chi connectivity index (χ0n) is 17.6. The normalized spacial score (nSPS) is 14.0. The van der Waals surface area contributed by atoms with Crippen molar-refractivity contribution in [2.75, 3.05) is 12.4 Å². The van der Waals surface area contributed by atoms with Gasteiger partial charge in [0.1, 0.15) is 5.76 Å². The Hall–Kier alpha value is -4.14. The topological polar surface area (TPSA) is 123 Å². The summed E-state index contributed by atoms with van der Waals surface area (Å²) in [5.41, 5.74) is 5.42. The molecule has 2 amide bonds. The minimum atomic E-state index is -0.455. The van der Waals surface area contributed by atoms with Gasteiger partial charge in [-0.3, -0.25) is 9.59 Å². The van der Waals surface area contributed by atoms with Gasteiger partial charge in [-0.15, -0.1) is 0 Å².